The molecule has 1 unspecified atom stereocenters. The Morgan fingerprint density at radius 2 is 1.74 bits per heavy atom. The van der Waals surface area contributed by atoms with E-state index in [1.165, 1.54) is 18.2 Å². The fourth-order valence-electron chi connectivity index (χ4n) is 3.96. The number of nitrogens with zero attached hydrogens (tertiary/aromatic N) is 1. The lowest BCUT2D eigenvalue weighted by molar-refractivity contribution is -0.189. The van der Waals surface area contributed by atoms with Gasteiger partial charge in [-0.3, -0.25) is 14.4 Å². The monoisotopic (exact) mass is 586 g/mol. The predicted octanol–water partition coefficient (Wildman–Crippen LogP) is 4.17. The molecule has 1 atom stereocenters. The highest BCUT2D eigenvalue weighted by atomic mass is 19.4. The van der Waals surface area contributed by atoms with E-state index in [2.05, 4.69) is 20.9 Å². The molecule has 4 N–H and O–H groups in total. The Hall–Kier alpha value is -4.94. The molecule has 222 valence electrons. The summed E-state index contributed by atoms with van der Waals surface area (Å²) < 4.78 is 44.1. The van der Waals surface area contributed by atoms with Crippen LogP contribution in [0.5, 0.6) is 5.75 Å². The Morgan fingerprint density at radius 1 is 1.00 bits per heavy atom. The maximum absolute atomic E-state index is 13.1. The van der Waals surface area contributed by atoms with Crippen LogP contribution in [0.15, 0.2) is 66.9 Å². The largest absolute Gasteiger partial charge is 0.491 e. The number of carbonyl (C=O) groups is 4. The molecule has 0 aliphatic carbocycles. The number of carboxylic acids is 1. The van der Waals surface area contributed by atoms with Gasteiger partial charge in [0, 0.05) is 30.3 Å². The van der Waals surface area contributed by atoms with E-state index in [4.69, 9.17) is 4.74 Å². The van der Waals surface area contributed by atoms with Crippen molar-refractivity contribution < 1.29 is 42.2 Å². The summed E-state index contributed by atoms with van der Waals surface area (Å²) in [5.74, 6) is -5.00. The number of hydrogen-bond donors (Lipinski definition) is 4. The minimum atomic E-state index is -5.33. The minimum absolute atomic E-state index is 0.0816. The maximum atomic E-state index is 13.1. The zero-order valence-corrected chi connectivity index (χ0v) is 22.5. The molecule has 2 aromatic carbocycles. The van der Waals surface area contributed by atoms with Gasteiger partial charge in [0.15, 0.2) is 0 Å². The van der Waals surface area contributed by atoms with E-state index in [1.54, 1.807) is 36.5 Å². The Labute approximate surface area is 239 Å². The number of para-hydroxylation sites is 1. The van der Waals surface area contributed by atoms with Crippen molar-refractivity contribution in [3.8, 4) is 16.9 Å². The van der Waals surface area contributed by atoms with Crippen molar-refractivity contribution in [3.05, 3.63) is 78.0 Å². The minimum Gasteiger partial charge on any atom is -0.481 e. The number of ether oxygens (including phenoxy) is 1. The van der Waals surface area contributed by atoms with Gasteiger partial charge in [-0.15, -0.1) is 0 Å². The zero-order valence-electron chi connectivity index (χ0n) is 22.5. The van der Waals surface area contributed by atoms with Crippen molar-refractivity contribution in [1.29, 1.82) is 0 Å². The number of halogens is 3. The molecule has 13 heteroatoms. The second kappa shape index (κ2) is 14.6. The van der Waals surface area contributed by atoms with Crippen LogP contribution < -0.4 is 20.7 Å². The summed E-state index contributed by atoms with van der Waals surface area (Å²) in [5, 5.41) is 17.4. The second-order valence-electron chi connectivity index (χ2n) is 9.22. The number of rotatable bonds is 13. The van der Waals surface area contributed by atoms with Crippen molar-refractivity contribution in [2.45, 2.75) is 38.4 Å². The smallest absolute Gasteiger partial charge is 0.481 e. The number of aromatic nitrogens is 1. The fraction of sp³-hybridized carbons (Fsp3) is 0.276. The molecule has 0 fully saturated rings. The highest BCUT2D eigenvalue weighted by Crippen LogP contribution is 2.38. The van der Waals surface area contributed by atoms with Gasteiger partial charge in [-0.05, 0) is 36.6 Å². The Balaban J connectivity index is 1.70. The molecule has 3 aromatic rings. The highest BCUT2D eigenvalue weighted by Gasteiger charge is 2.42. The zero-order chi connectivity index (χ0) is 30.7. The van der Waals surface area contributed by atoms with E-state index in [1.807, 2.05) is 19.1 Å². The van der Waals surface area contributed by atoms with Crippen LogP contribution in [0.3, 0.4) is 0 Å². The van der Waals surface area contributed by atoms with Crippen molar-refractivity contribution in [2.75, 3.05) is 18.4 Å². The third-order valence-corrected chi connectivity index (χ3v) is 5.89. The lowest BCUT2D eigenvalue weighted by Crippen LogP contribution is -2.39. The average Bonchev–Trinajstić information content (AvgIpc) is 2.94. The molecule has 0 aliphatic rings. The van der Waals surface area contributed by atoms with Crippen LogP contribution in [0.1, 0.15) is 36.4 Å². The van der Waals surface area contributed by atoms with E-state index in [-0.39, 0.29) is 17.5 Å². The molecule has 0 radical (unpaired) electrons. The van der Waals surface area contributed by atoms with E-state index in [0.717, 1.165) is 5.56 Å². The van der Waals surface area contributed by atoms with Gasteiger partial charge >= 0.3 is 18.1 Å². The first-order valence-electron chi connectivity index (χ1n) is 12.9. The number of carbonyl (C=O) groups excluding carboxylic acids is 3. The summed E-state index contributed by atoms with van der Waals surface area (Å²) in [5.41, 5.74) is 1.34. The first-order valence-corrected chi connectivity index (χ1v) is 12.9. The molecular weight excluding hydrogens is 557 g/mol. The van der Waals surface area contributed by atoms with Crippen molar-refractivity contribution >= 4 is 29.6 Å². The van der Waals surface area contributed by atoms with Crippen LogP contribution in [-0.2, 0) is 19.2 Å². The highest BCUT2D eigenvalue weighted by molar-refractivity contribution is 5.86. The molecule has 0 saturated heterocycles. The number of benzene rings is 2. The van der Waals surface area contributed by atoms with Crippen molar-refractivity contribution in [2.24, 2.45) is 0 Å². The number of alkyl halides is 3. The standard InChI is InChI=1S/C29H29F3N4O6/c1-18-12-14-34-23(15-18)33-13-6-11-24(37)35-17-25(38)36-22(16-26(39)40)21-10-5-9-20(19-7-3-2-4-8-19)27(21)42-28(41)29(30,31)32/h2-5,7-10,12,14-15,22H,6,11,13,16-17H2,1H3,(H,33,34)(H,35,37)(H,36,38)(H,39,40). The molecule has 0 bridgehead atoms. The summed E-state index contributed by atoms with van der Waals surface area (Å²) >= 11 is 0. The number of hydrogen-bond acceptors (Lipinski definition) is 7. The van der Waals surface area contributed by atoms with Crippen LogP contribution >= 0.6 is 0 Å². The first-order chi connectivity index (χ1) is 19.9. The van der Waals surface area contributed by atoms with E-state index in [9.17, 15) is 37.5 Å². The van der Waals surface area contributed by atoms with Crippen LogP contribution in [0.2, 0.25) is 0 Å². The van der Waals surface area contributed by atoms with E-state index < -0.39 is 54.7 Å². The van der Waals surface area contributed by atoms with Gasteiger partial charge in [0.25, 0.3) is 0 Å². The number of carboxylic acid groups (broad SMARTS) is 1. The molecule has 10 nitrogen and oxygen atoms in total. The SMILES string of the molecule is Cc1ccnc(NCCCC(=O)NCC(=O)NC(CC(=O)O)c2cccc(-c3ccccc3)c2OC(=O)C(F)(F)F)c1. The molecule has 42 heavy (non-hydrogen) atoms. The van der Waals surface area contributed by atoms with Gasteiger partial charge < -0.3 is 25.8 Å². The Morgan fingerprint density at radius 3 is 2.40 bits per heavy atom. The molecule has 0 saturated carbocycles. The number of amides is 2. The number of pyridine rings is 1. The molecule has 0 spiro atoms. The first kappa shape index (κ1) is 31.6. The van der Waals surface area contributed by atoms with Gasteiger partial charge in [0.2, 0.25) is 11.8 Å². The topological polar surface area (TPSA) is 147 Å². The summed E-state index contributed by atoms with van der Waals surface area (Å²) in [6.45, 7) is 1.86. The molecule has 0 aliphatic heterocycles. The van der Waals surface area contributed by atoms with Crippen molar-refractivity contribution in [1.82, 2.24) is 15.6 Å². The molecule has 1 aromatic heterocycles. The predicted molar refractivity (Wildman–Crippen MR) is 146 cm³/mol. The normalized spacial score (nSPS) is 11.7. The second-order valence-corrected chi connectivity index (χ2v) is 9.22. The third-order valence-electron chi connectivity index (χ3n) is 5.89. The van der Waals surface area contributed by atoms with Gasteiger partial charge in [-0.1, -0.05) is 48.5 Å². The average molecular weight is 587 g/mol. The van der Waals surface area contributed by atoms with E-state index >= 15 is 0 Å². The molecule has 3 rings (SSSR count). The lowest BCUT2D eigenvalue weighted by atomic mass is 9.96. The number of esters is 1. The maximum Gasteiger partial charge on any atom is 0.491 e. The molecule has 2 amide bonds. The Kier molecular flexibility index (Phi) is 11.0. The molecular formula is C29H29F3N4O6. The number of anilines is 1. The van der Waals surface area contributed by atoms with Gasteiger partial charge in [0.05, 0.1) is 19.0 Å². The number of nitrogens with one attached hydrogen (secondary N) is 3. The van der Waals surface area contributed by atoms with Crippen LogP contribution in [0.4, 0.5) is 19.0 Å². The number of aliphatic carboxylic acids is 1. The van der Waals surface area contributed by atoms with Crippen LogP contribution in [0.25, 0.3) is 11.1 Å². The summed E-state index contributed by atoms with van der Waals surface area (Å²) in [6.07, 6.45) is -3.90. The quantitative estimate of drug-likeness (QED) is 0.133. The summed E-state index contributed by atoms with van der Waals surface area (Å²) in [6, 6.07) is 14.4. The van der Waals surface area contributed by atoms with Crippen LogP contribution in [0, 0.1) is 6.92 Å². The molecule has 1 heterocycles. The van der Waals surface area contributed by atoms with E-state index in [0.29, 0.717) is 24.3 Å². The lowest BCUT2D eigenvalue weighted by Gasteiger charge is -2.22. The number of aryl methyl sites for hydroxylation is 1. The van der Waals surface area contributed by atoms with Gasteiger partial charge in [-0.25, -0.2) is 9.78 Å². The third kappa shape index (κ3) is 9.61. The Bertz CT molecular complexity index is 1420. The fourth-order valence-corrected chi connectivity index (χ4v) is 3.96. The van der Waals surface area contributed by atoms with Crippen molar-refractivity contribution in [3.63, 3.8) is 0 Å². The van der Waals surface area contributed by atoms with Gasteiger partial charge in [-0.2, -0.15) is 13.2 Å². The van der Waals surface area contributed by atoms with Crippen LogP contribution in [-0.4, -0.2) is 53.1 Å². The summed E-state index contributed by atoms with van der Waals surface area (Å²) in [7, 11) is 0. The van der Waals surface area contributed by atoms with Gasteiger partial charge in [0.1, 0.15) is 11.6 Å². The summed E-state index contributed by atoms with van der Waals surface area (Å²) in [4.78, 5) is 52.5.